The van der Waals surface area contributed by atoms with E-state index in [4.69, 9.17) is 0 Å². The van der Waals surface area contributed by atoms with Gasteiger partial charge >= 0.3 is 0 Å². The fraction of sp³-hybridized carbons (Fsp3) is 0.333. The SMILES string of the molecule is Cc1ccc(C(C)NCc2sccc2C)cc1F. The van der Waals surface area contributed by atoms with Crippen molar-refractivity contribution < 1.29 is 4.39 Å². The lowest BCUT2D eigenvalue weighted by Gasteiger charge is -2.14. The first-order valence-electron chi connectivity index (χ1n) is 6.10. The minimum atomic E-state index is -0.131. The molecule has 1 aromatic carbocycles. The molecule has 0 spiro atoms. The molecule has 1 N–H and O–H groups in total. The van der Waals surface area contributed by atoms with Crippen LogP contribution in [0.5, 0.6) is 0 Å². The van der Waals surface area contributed by atoms with E-state index in [1.165, 1.54) is 10.4 Å². The molecule has 18 heavy (non-hydrogen) atoms. The molecular formula is C15H18FNS. The predicted molar refractivity (Wildman–Crippen MR) is 75.4 cm³/mol. The lowest BCUT2D eigenvalue weighted by atomic mass is 10.1. The van der Waals surface area contributed by atoms with E-state index in [0.717, 1.165) is 12.1 Å². The Labute approximate surface area is 112 Å². The summed E-state index contributed by atoms with van der Waals surface area (Å²) in [5, 5.41) is 5.53. The Morgan fingerprint density at radius 1 is 1.22 bits per heavy atom. The third kappa shape index (κ3) is 2.98. The van der Waals surface area contributed by atoms with E-state index in [1.807, 2.05) is 12.1 Å². The Morgan fingerprint density at radius 2 is 2.00 bits per heavy atom. The van der Waals surface area contributed by atoms with Gasteiger partial charge in [0.05, 0.1) is 0 Å². The van der Waals surface area contributed by atoms with Crippen LogP contribution in [-0.2, 0) is 6.54 Å². The van der Waals surface area contributed by atoms with E-state index in [2.05, 4.69) is 30.6 Å². The van der Waals surface area contributed by atoms with Crippen LogP contribution >= 0.6 is 11.3 Å². The van der Waals surface area contributed by atoms with Crippen LogP contribution in [0, 0.1) is 19.7 Å². The first kappa shape index (κ1) is 13.2. The number of nitrogens with one attached hydrogen (secondary N) is 1. The standard InChI is InChI=1S/C15H18FNS/c1-10-4-5-13(8-14(10)16)12(3)17-9-15-11(2)6-7-18-15/h4-8,12,17H,9H2,1-3H3. The van der Waals surface area contributed by atoms with E-state index in [-0.39, 0.29) is 11.9 Å². The number of halogens is 1. The number of hydrogen-bond acceptors (Lipinski definition) is 2. The highest BCUT2D eigenvalue weighted by Gasteiger charge is 2.08. The van der Waals surface area contributed by atoms with Gasteiger partial charge in [-0.05, 0) is 55.0 Å². The highest BCUT2D eigenvalue weighted by Crippen LogP contribution is 2.19. The van der Waals surface area contributed by atoms with Gasteiger partial charge in [-0.3, -0.25) is 0 Å². The summed E-state index contributed by atoms with van der Waals surface area (Å²) in [7, 11) is 0. The normalized spacial score (nSPS) is 12.7. The molecule has 0 bridgehead atoms. The fourth-order valence-corrected chi connectivity index (χ4v) is 2.68. The van der Waals surface area contributed by atoms with Gasteiger partial charge in [-0.25, -0.2) is 4.39 Å². The summed E-state index contributed by atoms with van der Waals surface area (Å²) in [6.07, 6.45) is 0. The van der Waals surface area contributed by atoms with E-state index in [0.29, 0.717) is 5.56 Å². The monoisotopic (exact) mass is 263 g/mol. The van der Waals surface area contributed by atoms with Gasteiger partial charge in [0.25, 0.3) is 0 Å². The zero-order chi connectivity index (χ0) is 13.1. The zero-order valence-electron chi connectivity index (χ0n) is 11.0. The van der Waals surface area contributed by atoms with Gasteiger partial charge in [-0.2, -0.15) is 0 Å². The van der Waals surface area contributed by atoms with Crippen molar-refractivity contribution in [1.82, 2.24) is 5.32 Å². The smallest absolute Gasteiger partial charge is 0.126 e. The van der Waals surface area contributed by atoms with Gasteiger partial charge in [0.15, 0.2) is 0 Å². The largest absolute Gasteiger partial charge is 0.305 e. The number of benzene rings is 1. The predicted octanol–water partition coefficient (Wildman–Crippen LogP) is 4.35. The summed E-state index contributed by atoms with van der Waals surface area (Å²) in [5.41, 5.74) is 3.00. The summed E-state index contributed by atoms with van der Waals surface area (Å²) < 4.78 is 13.5. The molecule has 96 valence electrons. The van der Waals surface area contributed by atoms with Gasteiger partial charge < -0.3 is 5.32 Å². The maximum Gasteiger partial charge on any atom is 0.126 e. The lowest BCUT2D eigenvalue weighted by Crippen LogP contribution is -2.18. The molecule has 2 aromatic rings. The molecule has 1 unspecified atom stereocenters. The number of thiophene rings is 1. The van der Waals surface area contributed by atoms with Crippen molar-refractivity contribution >= 4 is 11.3 Å². The van der Waals surface area contributed by atoms with Crippen LogP contribution in [0.4, 0.5) is 4.39 Å². The van der Waals surface area contributed by atoms with Gasteiger partial charge in [-0.1, -0.05) is 12.1 Å². The highest BCUT2D eigenvalue weighted by molar-refractivity contribution is 7.10. The quantitative estimate of drug-likeness (QED) is 0.864. The average molecular weight is 263 g/mol. The van der Waals surface area contributed by atoms with Gasteiger partial charge in [0, 0.05) is 17.5 Å². The van der Waals surface area contributed by atoms with Gasteiger partial charge in [0.1, 0.15) is 5.82 Å². The van der Waals surface area contributed by atoms with Crippen LogP contribution in [0.2, 0.25) is 0 Å². The molecule has 1 aromatic heterocycles. The van der Waals surface area contributed by atoms with Crippen molar-refractivity contribution in [3.63, 3.8) is 0 Å². The maximum atomic E-state index is 13.5. The molecule has 0 aliphatic rings. The average Bonchev–Trinajstić information content (AvgIpc) is 2.75. The molecule has 0 radical (unpaired) electrons. The molecular weight excluding hydrogens is 245 g/mol. The summed E-state index contributed by atoms with van der Waals surface area (Å²) in [6.45, 7) is 6.79. The van der Waals surface area contributed by atoms with Crippen LogP contribution in [0.25, 0.3) is 0 Å². The van der Waals surface area contributed by atoms with E-state index in [9.17, 15) is 4.39 Å². The third-order valence-electron chi connectivity index (χ3n) is 3.23. The molecule has 1 heterocycles. The molecule has 1 nitrogen and oxygen atoms in total. The summed E-state index contributed by atoms with van der Waals surface area (Å²) in [6, 6.07) is 7.71. The Hall–Kier alpha value is -1.19. The molecule has 0 aliphatic carbocycles. The molecule has 0 fully saturated rings. The van der Waals surface area contributed by atoms with Crippen LogP contribution in [0.15, 0.2) is 29.6 Å². The first-order valence-corrected chi connectivity index (χ1v) is 6.98. The second-order valence-electron chi connectivity index (χ2n) is 4.64. The molecule has 0 amide bonds. The number of hydrogen-bond donors (Lipinski definition) is 1. The second-order valence-corrected chi connectivity index (χ2v) is 5.64. The Kier molecular flexibility index (Phi) is 4.15. The Bertz CT molecular complexity index is 533. The van der Waals surface area contributed by atoms with Crippen LogP contribution in [-0.4, -0.2) is 0 Å². The molecule has 1 atom stereocenters. The summed E-state index contributed by atoms with van der Waals surface area (Å²) in [5.74, 6) is -0.131. The Balaban J connectivity index is 2.01. The minimum Gasteiger partial charge on any atom is -0.305 e. The lowest BCUT2D eigenvalue weighted by molar-refractivity contribution is 0.565. The van der Waals surface area contributed by atoms with Crippen LogP contribution in [0.1, 0.15) is 34.5 Å². The highest BCUT2D eigenvalue weighted by atomic mass is 32.1. The van der Waals surface area contributed by atoms with Crippen LogP contribution in [0.3, 0.4) is 0 Å². The molecule has 3 heteroatoms. The minimum absolute atomic E-state index is 0.131. The van der Waals surface area contributed by atoms with Crippen molar-refractivity contribution in [3.05, 3.63) is 57.0 Å². The van der Waals surface area contributed by atoms with E-state index in [1.54, 1.807) is 24.3 Å². The molecule has 2 rings (SSSR count). The van der Waals surface area contributed by atoms with E-state index < -0.39 is 0 Å². The summed E-state index contributed by atoms with van der Waals surface area (Å²) in [4.78, 5) is 1.34. The molecule has 0 aliphatic heterocycles. The maximum absolute atomic E-state index is 13.5. The van der Waals surface area contributed by atoms with Gasteiger partial charge in [-0.15, -0.1) is 11.3 Å². The first-order chi connectivity index (χ1) is 8.58. The third-order valence-corrected chi connectivity index (χ3v) is 4.26. The fourth-order valence-electron chi connectivity index (χ4n) is 1.83. The van der Waals surface area contributed by atoms with Crippen molar-refractivity contribution in [2.45, 2.75) is 33.4 Å². The second kappa shape index (κ2) is 5.63. The number of rotatable bonds is 4. The van der Waals surface area contributed by atoms with Crippen molar-refractivity contribution in [2.24, 2.45) is 0 Å². The van der Waals surface area contributed by atoms with Crippen molar-refractivity contribution in [2.75, 3.05) is 0 Å². The molecule has 0 saturated heterocycles. The topological polar surface area (TPSA) is 12.0 Å². The van der Waals surface area contributed by atoms with Crippen LogP contribution < -0.4 is 5.32 Å². The Morgan fingerprint density at radius 3 is 2.61 bits per heavy atom. The van der Waals surface area contributed by atoms with Gasteiger partial charge in [0.2, 0.25) is 0 Å². The van der Waals surface area contributed by atoms with E-state index >= 15 is 0 Å². The summed E-state index contributed by atoms with van der Waals surface area (Å²) >= 11 is 1.76. The van der Waals surface area contributed by atoms with Crippen molar-refractivity contribution in [1.29, 1.82) is 0 Å². The molecule has 0 saturated carbocycles. The zero-order valence-corrected chi connectivity index (χ0v) is 11.8. The van der Waals surface area contributed by atoms with Crippen molar-refractivity contribution in [3.8, 4) is 0 Å². The number of aryl methyl sites for hydroxylation is 2.